The van der Waals surface area contributed by atoms with E-state index in [-0.39, 0.29) is 6.10 Å². The van der Waals surface area contributed by atoms with Crippen molar-refractivity contribution >= 4 is 5.96 Å². The average Bonchev–Trinajstić information content (AvgIpc) is 2.61. The van der Waals surface area contributed by atoms with Crippen LogP contribution in [0.15, 0.2) is 29.3 Å². The third-order valence-electron chi connectivity index (χ3n) is 4.86. The second-order valence-electron chi connectivity index (χ2n) is 7.43. The van der Waals surface area contributed by atoms with E-state index in [4.69, 9.17) is 4.74 Å². The minimum absolute atomic E-state index is 0.0427. The Balaban J connectivity index is 1.74. The summed E-state index contributed by atoms with van der Waals surface area (Å²) in [5, 5.41) is 6.81. The van der Waals surface area contributed by atoms with E-state index in [1.165, 1.54) is 37.9 Å². The van der Waals surface area contributed by atoms with Crippen molar-refractivity contribution in [3.63, 3.8) is 0 Å². The molecule has 146 valence electrons. The molecule has 5 heteroatoms. The molecule has 1 unspecified atom stereocenters. The first-order valence-electron chi connectivity index (χ1n) is 10.0. The van der Waals surface area contributed by atoms with Crippen molar-refractivity contribution < 1.29 is 4.74 Å². The van der Waals surface area contributed by atoms with E-state index in [1.54, 1.807) is 0 Å². The van der Waals surface area contributed by atoms with Gasteiger partial charge in [-0.2, -0.15) is 0 Å². The number of nitrogens with one attached hydrogen (secondary N) is 2. The average molecular weight is 361 g/mol. The first kappa shape index (κ1) is 20.6. The van der Waals surface area contributed by atoms with Gasteiger partial charge in [0, 0.05) is 13.1 Å². The van der Waals surface area contributed by atoms with Crippen LogP contribution in [0.5, 0.6) is 5.75 Å². The zero-order valence-electron chi connectivity index (χ0n) is 16.9. The first-order chi connectivity index (χ1) is 12.6. The maximum atomic E-state index is 5.97. The van der Waals surface area contributed by atoms with Crippen LogP contribution in [-0.2, 0) is 0 Å². The minimum Gasteiger partial charge on any atom is -0.489 e. The standard InChI is InChI=1S/C21H36N4O/c1-5-22-21(23-12-9-19-10-13-25(4)14-11-19)24-16-18(3)26-20-8-6-7-17(2)15-20/h6-8,15,18-19H,5,9-14,16H2,1-4H3,(H2,22,23,24). The Morgan fingerprint density at radius 2 is 2.08 bits per heavy atom. The summed E-state index contributed by atoms with van der Waals surface area (Å²) in [6.45, 7) is 11.2. The second-order valence-corrected chi connectivity index (χ2v) is 7.43. The highest BCUT2D eigenvalue weighted by atomic mass is 16.5. The summed E-state index contributed by atoms with van der Waals surface area (Å²) in [5.74, 6) is 2.64. The maximum absolute atomic E-state index is 5.97. The van der Waals surface area contributed by atoms with E-state index in [9.17, 15) is 0 Å². The summed E-state index contributed by atoms with van der Waals surface area (Å²) in [7, 11) is 2.21. The summed E-state index contributed by atoms with van der Waals surface area (Å²) in [6, 6.07) is 8.16. The molecular weight excluding hydrogens is 324 g/mol. The number of hydrogen-bond acceptors (Lipinski definition) is 3. The number of likely N-dealkylation sites (tertiary alicyclic amines) is 1. The molecule has 0 aromatic heterocycles. The first-order valence-corrected chi connectivity index (χ1v) is 10.0. The molecule has 0 amide bonds. The lowest BCUT2D eigenvalue weighted by atomic mass is 9.94. The molecule has 0 radical (unpaired) electrons. The maximum Gasteiger partial charge on any atom is 0.191 e. The minimum atomic E-state index is 0.0427. The van der Waals surface area contributed by atoms with Gasteiger partial charge in [0.1, 0.15) is 11.9 Å². The van der Waals surface area contributed by atoms with Gasteiger partial charge in [-0.05, 0) is 83.8 Å². The number of guanidine groups is 1. The Morgan fingerprint density at radius 1 is 1.31 bits per heavy atom. The third-order valence-corrected chi connectivity index (χ3v) is 4.86. The summed E-state index contributed by atoms with van der Waals surface area (Å²) in [4.78, 5) is 7.11. The number of piperidine rings is 1. The SMILES string of the molecule is CCNC(=NCC(C)Oc1cccc(C)c1)NCCC1CCN(C)CC1. The van der Waals surface area contributed by atoms with E-state index >= 15 is 0 Å². The highest BCUT2D eigenvalue weighted by molar-refractivity contribution is 5.79. The van der Waals surface area contributed by atoms with Gasteiger partial charge in [0.2, 0.25) is 0 Å². The molecule has 0 spiro atoms. The van der Waals surface area contributed by atoms with Gasteiger partial charge in [0.25, 0.3) is 0 Å². The van der Waals surface area contributed by atoms with Gasteiger partial charge in [-0.1, -0.05) is 12.1 Å². The largest absolute Gasteiger partial charge is 0.489 e. The Labute approximate surface area is 159 Å². The predicted octanol–water partition coefficient (Wildman–Crippen LogP) is 3.05. The van der Waals surface area contributed by atoms with Crippen molar-refractivity contribution in [2.45, 2.75) is 46.1 Å². The van der Waals surface area contributed by atoms with E-state index in [1.807, 2.05) is 12.1 Å². The molecule has 5 nitrogen and oxygen atoms in total. The van der Waals surface area contributed by atoms with Gasteiger partial charge in [-0.15, -0.1) is 0 Å². The van der Waals surface area contributed by atoms with Gasteiger partial charge < -0.3 is 20.3 Å². The normalized spacial score (nSPS) is 17.8. The van der Waals surface area contributed by atoms with Crippen molar-refractivity contribution in [3.05, 3.63) is 29.8 Å². The monoisotopic (exact) mass is 360 g/mol. The predicted molar refractivity (Wildman–Crippen MR) is 110 cm³/mol. The molecule has 1 aromatic carbocycles. The number of benzene rings is 1. The Morgan fingerprint density at radius 3 is 2.77 bits per heavy atom. The van der Waals surface area contributed by atoms with Gasteiger partial charge >= 0.3 is 0 Å². The lowest BCUT2D eigenvalue weighted by Gasteiger charge is -2.29. The Hall–Kier alpha value is -1.75. The molecule has 1 aliphatic heterocycles. The fourth-order valence-corrected chi connectivity index (χ4v) is 3.27. The summed E-state index contributed by atoms with van der Waals surface area (Å²) >= 11 is 0. The van der Waals surface area contributed by atoms with Crippen LogP contribution in [0.3, 0.4) is 0 Å². The fourth-order valence-electron chi connectivity index (χ4n) is 3.27. The molecule has 1 fully saturated rings. The third kappa shape index (κ3) is 7.65. The van der Waals surface area contributed by atoms with Gasteiger partial charge in [0.05, 0.1) is 6.54 Å². The van der Waals surface area contributed by atoms with Gasteiger partial charge in [0.15, 0.2) is 5.96 Å². The van der Waals surface area contributed by atoms with E-state index in [2.05, 4.69) is 60.5 Å². The van der Waals surface area contributed by atoms with Crippen molar-refractivity contribution in [1.29, 1.82) is 0 Å². The summed E-state index contributed by atoms with van der Waals surface area (Å²) in [6.07, 6.45) is 3.88. The van der Waals surface area contributed by atoms with Gasteiger partial charge in [-0.3, -0.25) is 0 Å². The topological polar surface area (TPSA) is 48.9 Å². The van der Waals surface area contributed by atoms with E-state index in [0.29, 0.717) is 6.54 Å². The highest BCUT2D eigenvalue weighted by Gasteiger charge is 2.16. The van der Waals surface area contributed by atoms with Crippen LogP contribution in [0.2, 0.25) is 0 Å². The molecule has 1 aromatic rings. The molecule has 2 N–H and O–H groups in total. The molecule has 26 heavy (non-hydrogen) atoms. The number of hydrogen-bond donors (Lipinski definition) is 2. The number of rotatable bonds is 8. The summed E-state index contributed by atoms with van der Waals surface area (Å²) < 4.78 is 5.97. The van der Waals surface area contributed by atoms with Gasteiger partial charge in [-0.25, -0.2) is 4.99 Å². The van der Waals surface area contributed by atoms with Crippen molar-refractivity contribution in [2.75, 3.05) is 39.8 Å². The Bertz CT molecular complexity index is 553. The second kappa shape index (κ2) is 11.1. The molecule has 0 aliphatic carbocycles. The van der Waals surface area contributed by atoms with Crippen LogP contribution in [0, 0.1) is 12.8 Å². The number of aliphatic imine (C=N–C) groups is 1. The van der Waals surface area contributed by atoms with E-state index in [0.717, 1.165) is 30.7 Å². The van der Waals surface area contributed by atoms with E-state index < -0.39 is 0 Å². The Kier molecular flexibility index (Phi) is 8.75. The van der Waals surface area contributed by atoms with Crippen molar-refractivity contribution in [1.82, 2.24) is 15.5 Å². The van der Waals surface area contributed by atoms with Crippen LogP contribution < -0.4 is 15.4 Å². The molecule has 0 bridgehead atoms. The van der Waals surface area contributed by atoms with Crippen molar-refractivity contribution in [2.24, 2.45) is 10.9 Å². The summed E-state index contributed by atoms with van der Waals surface area (Å²) in [5.41, 5.74) is 1.21. The molecule has 1 saturated heterocycles. The fraction of sp³-hybridized carbons (Fsp3) is 0.667. The molecule has 0 saturated carbocycles. The quantitative estimate of drug-likeness (QED) is 0.553. The van der Waals surface area contributed by atoms with Crippen LogP contribution in [-0.4, -0.2) is 56.7 Å². The van der Waals surface area contributed by atoms with Crippen LogP contribution in [0.4, 0.5) is 0 Å². The molecule has 1 heterocycles. The lowest BCUT2D eigenvalue weighted by Crippen LogP contribution is -2.39. The highest BCUT2D eigenvalue weighted by Crippen LogP contribution is 2.18. The van der Waals surface area contributed by atoms with Crippen LogP contribution in [0.1, 0.15) is 38.7 Å². The molecule has 2 rings (SSSR count). The molecular formula is C21H36N4O. The molecule has 1 aliphatic rings. The molecule has 1 atom stereocenters. The van der Waals surface area contributed by atoms with Crippen molar-refractivity contribution in [3.8, 4) is 5.75 Å². The lowest BCUT2D eigenvalue weighted by molar-refractivity contribution is 0.213. The zero-order valence-corrected chi connectivity index (χ0v) is 16.9. The van der Waals surface area contributed by atoms with Crippen LogP contribution in [0.25, 0.3) is 0 Å². The zero-order chi connectivity index (χ0) is 18.8. The smallest absolute Gasteiger partial charge is 0.191 e. The number of nitrogens with zero attached hydrogens (tertiary/aromatic N) is 2. The number of ether oxygens (including phenoxy) is 1. The number of aryl methyl sites for hydroxylation is 1. The van der Waals surface area contributed by atoms with Crippen LogP contribution >= 0.6 is 0 Å².